The Morgan fingerprint density at radius 2 is 1.34 bits per heavy atom. The molecule has 1 fully saturated rings. The molecule has 1 heterocycles. The van der Waals surface area contributed by atoms with Gasteiger partial charge in [0.1, 0.15) is 17.7 Å². The molecule has 0 saturated carbocycles. The van der Waals surface area contributed by atoms with Gasteiger partial charge in [-0.25, -0.2) is 9.59 Å². The highest BCUT2D eigenvalue weighted by Gasteiger charge is 2.43. The number of nitrogens with zero attached hydrogens (tertiary/aromatic N) is 2. The van der Waals surface area contributed by atoms with E-state index in [4.69, 9.17) is 13.9 Å². The van der Waals surface area contributed by atoms with Crippen molar-refractivity contribution in [1.29, 1.82) is 5.26 Å². The fourth-order valence-corrected chi connectivity index (χ4v) is 8.60. The standard InChI is InChI=1S/C50H70N6O8Si/c1-34(2)43(46(59)52-41(31-36-20-15-12-16-21-36)45(58)55-47(60)56-24-26-62-27-25-56)54-44(57)39(29-37-22-17-23-38(28-37)33-51)32-42(64-65(9,10)50(6,7)8)40(30-35-18-13-11-14-19-35)53-48(61)63-49(3,4)5/h11-23,28,34,39-43H,24-27,29-32H2,1-10H3,(H,52,59)(H,53,61)(H,54,57)(H,55,58,60). The van der Waals surface area contributed by atoms with Crippen molar-refractivity contribution in [3.63, 3.8) is 0 Å². The van der Waals surface area contributed by atoms with E-state index in [9.17, 15) is 29.2 Å². The average molecular weight is 911 g/mol. The van der Waals surface area contributed by atoms with Gasteiger partial charge in [0.15, 0.2) is 8.32 Å². The molecule has 6 amide bonds. The van der Waals surface area contributed by atoms with Crippen molar-refractivity contribution in [2.24, 2.45) is 11.8 Å². The van der Waals surface area contributed by atoms with Crippen LogP contribution in [0.25, 0.3) is 0 Å². The topological polar surface area (TPSA) is 188 Å². The molecule has 1 aliphatic rings. The van der Waals surface area contributed by atoms with Crippen LogP contribution < -0.4 is 21.3 Å². The smallest absolute Gasteiger partial charge is 0.407 e. The van der Waals surface area contributed by atoms with E-state index in [1.165, 1.54) is 4.90 Å². The Labute approximate surface area is 386 Å². The van der Waals surface area contributed by atoms with E-state index in [1.54, 1.807) is 52.8 Å². The van der Waals surface area contributed by atoms with E-state index in [1.807, 2.05) is 66.7 Å². The number of carbonyl (C=O) groups is 5. The van der Waals surface area contributed by atoms with Crippen LogP contribution in [-0.2, 0) is 47.5 Å². The molecular weight excluding hydrogens is 841 g/mol. The van der Waals surface area contributed by atoms with Crippen LogP contribution in [0.3, 0.4) is 0 Å². The molecule has 0 aliphatic carbocycles. The third-order valence-electron chi connectivity index (χ3n) is 11.8. The Morgan fingerprint density at radius 1 is 0.754 bits per heavy atom. The molecule has 5 unspecified atom stereocenters. The van der Waals surface area contributed by atoms with Crippen LogP contribution in [-0.4, -0.2) is 99.2 Å². The lowest BCUT2D eigenvalue weighted by molar-refractivity contribution is -0.134. The Morgan fingerprint density at radius 3 is 1.89 bits per heavy atom. The molecule has 15 heteroatoms. The number of ether oxygens (including phenoxy) is 2. The first-order chi connectivity index (χ1) is 30.5. The number of morpholine rings is 1. The lowest BCUT2D eigenvalue weighted by Crippen LogP contribution is -2.59. The maximum Gasteiger partial charge on any atom is 0.407 e. The van der Waals surface area contributed by atoms with Crippen molar-refractivity contribution < 1.29 is 37.9 Å². The van der Waals surface area contributed by atoms with Crippen molar-refractivity contribution >= 4 is 38.2 Å². The molecule has 5 atom stereocenters. The van der Waals surface area contributed by atoms with Gasteiger partial charge in [-0.1, -0.05) is 107 Å². The number of urea groups is 1. The van der Waals surface area contributed by atoms with E-state index in [0.29, 0.717) is 38.3 Å². The van der Waals surface area contributed by atoms with Crippen LogP contribution >= 0.6 is 0 Å². The lowest BCUT2D eigenvalue weighted by atomic mass is 9.88. The Bertz CT molecular complexity index is 2090. The number of hydrogen-bond donors (Lipinski definition) is 4. The van der Waals surface area contributed by atoms with Crippen molar-refractivity contribution in [2.45, 2.75) is 129 Å². The SMILES string of the molecule is CC(C)C(NC(=O)C(Cc1cccc(C#N)c1)CC(O[Si](C)(C)C(C)(C)C)C(Cc1ccccc1)NC(=O)OC(C)(C)C)C(=O)NC(Cc1ccccc1)C(=O)NC(=O)N1CCOCC1. The molecule has 352 valence electrons. The van der Waals surface area contributed by atoms with Crippen LogP contribution in [0.4, 0.5) is 9.59 Å². The Hall–Kier alpha value is -5.56. The number of carbonyl (C=O) groups excluding carboxylic acids is 5. The number of rotatable bonds is 18. The third kappa shape index (κ3) is 16.7. The number of hydrogen-bond acceptors (Lipinski definition) is 9. The molecule has 4 rings (SSSR count). The first-order valence-electron chi connectivity index (χ1n) is 22.6. The molecule has 14 nitrogen and oxygen atoms in total. The molecule has 0 bridgehead atoms. The monoisotopic (exact) mass is 911 g/mol. The fourth-order valence-electron chi connectivity index (χ4n) is 7.23. The largest absolute Gasteiger partial charge is 0.444 e. The van der Waals surface area contributed by atoms with Gasteiger partial charge in [0.25, 0.3) is 5.91 Å². The van der Waals surface area contributed by atoms with Gasteiger partial charge in [-0.2, -0.15) is 5.26 Å². The molecule has 4 N–H and O–H groups in total. The molecule has 1 saturated heterocycles. The zero-order valence-corrected chi connectivity index (χ0v) is 40.9. The molecular formula is C50H70N6O8Si. The lowest BCUT2D eigenvalue weighted by Gasteiger charge is -2.42. The van der Waals surface area contributed by atoms with Gasteiger partial charge in [-0.3, -0.25) is 19.7 Å². The normalized spacial score (nSPS) is 15.6. The number of nitrogens with one attached hydrogen (secondary N) is 4. The minimum atomic E-state index is -2.61. The minimum Gasteiger partial charge on any atom is -0.444 e. The minimum absolute atomic E-state index is 0.0886. The van der Waals surface area contributed by atoms with Gasteiger partial charge in [-0.15, -0.1) is 0 Å². The van der Waals surface area contributed by atoms with Gasteiger partial charge >= 0.3 is 12.1 Å². The molecule has 3 aromatic rings. The maximum absolute atomic E-state index is 15.0. The summed E-state index contributed by atoms with van der Waals surface area (Å²) >= 11 is 0. The zero-order chi connectivity index (χ0) is 48.0. The second-order valence-electron chi connectivity index (χ2n) is 19.7. The molecule has 0 radical (unpaired) electrons. The summed E-state index contributed by atoms with van der Waals surface area (Å²) in [7, 11) is -2.61. The highest BCUT2D eigenvalue weighted by Crippen LogP contribution is 2.39. The number of imide groups is 1. The predicted octanol–water partition coefficient (Wildman–Crippen LogP) is 7.07. The summed E-state index contributed by atoms with van der Waals surface area (Å²) in [6.07, 6.45) is -0.579. The van der Waals surface area contributed by atoms with E-state index in [0.717, 1.165) is 16.7 Å². The quantitative estimate of drug-likeness (QED) is 0.0969. The van der Waals surface area contributed by atoms with Crippen LogP contribution in [0, 0.1) is 23.2 Å². The van der Waals surface area contributed by atoms with Crippen LogP contribution in [0.5, 0.6) is 0 Å². The summed E-state index contributed by atoms with van der Waals surface area (Å²) in [5.74, 6) is -3.00. The van der Waals surface area contributed by atoms with Gasteiger partial charge in [-0.05, 0) is 92.9 Å². The Kier molecular flexibility index (Phi) is 18.9. The molecule has 3 aromatic carbocycles. The summed E-state index contributed by atoms with van der Waals surface area (Å²) in [5, 5.41) is 21.0. The number of nitriles is 1. The summed E-state index contributed by atoms with van der Waals surface area (Å²) < 4.78 is 18.3. The molecule has 1 aliphatic heterocycles. The van der Waals surface area contributed by atoms with Crippen molar-refractivity contribution in [1.82, 2.24) is 26.2 Å². The van der Waals surface area contributed by atoms with Gasteiger partial charge < -0.3 is 34.8 Å². The van der Waals surface area contributed by atoms with E-state index in [2.05, 4.69) is 61.2 Å². The zero-order valence-electron chi connectivity index (χ0n) is 39.9. The molecule has 65 heavy (non-hydrogen) atoms. The van der Waals surface area contributed by atoms with E-state index in [-0.39, 0.29) is 24.3 Å². The first-order valence-corrected chi connectivity index (χ1v) is 25.5. The van der Waals surface area contributed by atoms with Crippen molar-refractivity contribution in [3.05, 3.63) is 107 Å². The Balaban J connectivity index is 1.72. The summed E-state index contributed by atoms with van der Waals surface area (Å²) in [4.78, 5) is 71.4. The van der Waals surface area contributed by atoms with Gasteiger partial charge in [0.2, 0.25) is 11.8 Å². The highest BCUT2D eigenvalue weighted by molar-refractivity contribution is 6.74. The number of alkyl carbamates (subject to hydrolysis) is 1. The highest BCUT2D eigenvalue weighted by atomic mass is 28.4. The second kappa shape index (κ2) is 23.6. The molecule has 0 aromatic heterocycles. The van der Waals surface area contributed by atoms with E-state index < -0.39 is 79.8 Å². The van der Waals surface area contributed by atoms with E-state index >= 15 is 0 Å². The predicted molar refractivity (Wildman–Crippen MR) is 253 cm³/mol. The molecule has 0 spiro atoms. The third-order valence-corrected chi connectivity index (χ3v) is 16.3. The van der Waals surface area contributed by atoms with Gasteiger partial charge in [0.05, 0.1) is 37.0 Å². The second-order valence-corrected chi connectivity index (χ2v) is 24.4. The fraction of sp³-hybridized carbons (Fsp3) is 0.520. The van der Waals surface area contributed by atoms with Crippen molar-refractivity contribution in [3.8, 4) is 6.07 Å². The van der Waals surface area contributed by atoms with Crippen LogP contribution in [0.15, 0.2) is 84.9 Å². The van der Waals surface area contributed by atoms with Gasteiger partial charge in [0, 0.05) is 25.4 Å². The maximum atomic E-state index is 15.0. The summed E-state index contributed by atoms with van der Waals surface area (Å²) in [6.45, 7) is 20.9. The number of benzene rings is 3. The number of amides is 6. The van der Waals surface area contributed by atoms with Crippen molar-refractivity contribution in [2.75, 3.05) is 26.3 Å². The summed E-state index contributed by atoms with van der Waals surface area (Å²) in [6, 6.07) is 24.6. The van der Waals surface area contributed by atoms with Crippen LogP contribution in [0.1, 0.15) is 84.1 Å². The average Bonchev–Trinajstić information content (AvgIpc) is 3.24. The summed E-state index contributed by atoms with van der Waals surface area (Å²) in [5.41, 5.74) is 2.08. The van der Waals surface area contributed by atoms with Crippen LogP contribution in [0.2, 0.25) is 18.1 Å². The first kappa shape index (κ1) is 52.1.